The molecule has 25 heavy (non-hydrogen) atoms. The minimum Gasteiger partial charge on any atom is -0.484 e. The SMILES string of the molecule is N#Cc1ccc(OCC(=O)N/N=C\c2cc(Br)c3c(c2)OCO3)cc1. The van der Waals surface area contributed by atoms with Crippen LogP contribution in [0.4, 0.5) is 0 Å². The zero-order chi connectivity index (χ0) is 17.6. The van der Waals surface area contributed by atoms with Gasteiger partial charge in [-0.05, 0) is 57.9 Å². The lowest BCUT2D eigenvalue weighted by Gasteiger charge is -2.05. The summed E-state index contributed by atoms with van der Waals surface area (Å²) in [4.78, 5) is 11.7. The summed E-state index contributed by atoms with van der Waals surface area (Å²) in [7, 11) is 0. The van der Waals surface area contributed by atoms with Gasteiger partial charge in [-0.15, -0.1) is 0 Å². The summed E-state index contributed by atoms with van der Waals surface area (Å²) in [6.45, 7) is -0.00791. The summed E-state index contributed by atoms with van der Waals surface area (Å²) < 4.78 is 16.7. The number of hydrogen-bond acceptors (Lipinski definition) is 6. The molecule has 0 unspecified atom stereocenters. The maximum absolute atomic E-state index is 11.7. The summed E-state index contributed by atoms with van der Waals surface area (Å²) in [6, 6.07) is 12.0. The van der Waals surface area contributed by atoms with E-state index in [1.165, 1.54) is 6.21 Å². The predicted molar refractivity (Wildman–Crippen MR) is 92.7 cm³/mol. The summed E-state index contributed by atoms with van der Waals surface area (Å²) in [5.41, 5.74) is 3.64. The van der Waals surface area contributed by atoms with E-state index in [-0.39, 0.29) is 13.4 Å². The van der Waals surface area contributed by atoms with Crippen LogP contribution in [0.1, 0.15) is 11.1 Å². The monoisotopic (exact) mass is 401 g/mol. The maximum atomic E-state index is 11.7. The molecular formula is C17H12BrN3O4. The number of ether oxygens (including phenoxy) is 3. The molecule has 1 N–H and O–H groups in total. The lowest BCUT2D eigenvalue weighted by Crippen LogP contribution is -2.24. The second-order valence-electron chi connectivity index (χ2n) is 4.95. The second-order valence-corrected chi connectivity index (χ2v) is 5.81. The molecule has 2 aromatic carbocycles. The number of nitrogens with one attached hydrogen (secondary N) is 1. The second kappa shape index (κ2) is 7.68. The van der Waals surface area contributed by atoms with E-state index in [1.54, 1.807) is 36.4 Å². The molecule has 0 aliphatic carbocycles. The van der Waals surface area contributed by atoms with E-state index in [2.05, 4.69) is 26.5 Å². The van der Waals surface area contributed by atoms with Crippen LogP contribution in [0.3, 0.4) is 0 Å². The van der Waals surface area contributed by atoms with Gasteiger partial charge in [-0.1, -0.05) is 0 Å². The predicted octanol–water partition coefficient (Wildman–Crippen LogP) is 2.58. The first-order chi connectivity index (χ1) is 12.2. The molecule has 0 spiro atoms. The van der Waals surface area contributed by atoms with Gasteiger partial charge in [-0.2, -0.15) is 10.4 Å². The molecule has 126 valence electrons. The zero-order valence-electron chi connectivity index (χ0n) is 12.9. The van der Waals surface area contributed by atoms with E-state index >= 15 is 0 Å². The molecule has 0 aromatic heterocycles. The van der Waals surface area contributed by atoms with Crippen LogP contribution in [0.2, 0.25) is 0 Å². The quantitative estimate of drug-likeness (QED) is 0.613. The van der Waals surface area contributed by atoms with E-state index in [0.717, 1.165) is 10.0 Å². The number of halogens is 1. The van der Waals surface area contributed by atoms with Gasteiger partial charge in [0.2, 0.25) is 6.79 Å². The zero-order valence-corrected chi connectivity index (χ0v) is 14.4. The topological polar surface area (TPSA) is 92.9 Å². The van der Waals surface area contributed by atoms with Crippen molar-refractivity contribution in [3.8, 4) is 23.3 Å². The number of nitriles is 1. The Labute approximate surface area is 151 Å². The van der Waals surface area contributed by atoms with Crippen molar-refractivity contribution in [3.05, 3.63) is 52.0 Å². The molecule has 1 amide bonds. The Hall–Kier alpha value is -3.05. The average molecular weight is 402 g/mol. The van der Waals surface area contributed by atoms with Gasteiger partial charge in [-0.3, -0.25) is 4.79 Å². The maximum Gasteiger partial charge on any atom is 0.277 e. The number of hydrogen-bond donors (Lipinski definition) is 1. The number of nitrogens with zero attached hydrogens (tertiary/aromatic N) is 2. The molecule has 3 rings (SSSR count). The number of fused-ring (bicyclic) bond motifs is 1. The van der Waals surface area contributed by atoms with Crippen molar-refractivity contribution in [1.29, 1.82) is 5.26 Å². The average Bonchev–Trinajstić information content (AvgIpc) is 3.09. The number of carbonyl (C=O) groups excluding carboxylic acids is 1. The summed E-state index contributed by atoms with van der Waals surface area (Å²) >= 11 is 3.39. The Morgan fingerprint density at radius 2 is 2.16 bits per heavy atom. The van der Waals surface area contributed by atoms with E-state index in [0.29, 0.717) is 22.8 Å². The van der Waals surface area contributed by atoms with Gasteiger partial charge in [0.05, 0.1) is 22.3 Å². The highest BCUT2D eigenvalue weighted by Gasteiger charge is 2.17. The first kappa shape index (κ1) is 16.8. The van der Waals surface area contributed by atoms with Crippen molar-refractivity contribution in [3.63, 3.8) is 0 Å². The van der Waals surface area contributed by atoms with Crippen molar-refractivity contribution in [1.82, 2.24) is 5.43 Å². The Balaban J connectivity index is 1.51. The van der Waals surface area contributed by atoms with Crippen LogP contribution < -0.4 is 19.6 Å². The van der Waals surface area contributed by atoms with Crippen molar-refractivity contribution in [2.45, 2.75) is 0 Å². The Morgan fingerprint density at radius 3 is 2.92 bits per heavy atom. The van der Waals surface area contributed by atoms with Gasteiger partial charge in [0.1, 0.15) is 5.75 Å². The normalized spacial score (nSPS) is 12.0. The van der Waals surface area contributed by atoms with E-state index in [4.69, 9.17) is 19.5 Å². The summed E-state index contributed by atoms with van der Waals surface area (Å²) in [6.07, 6.45) is 1.49. The number of benzene rings is 2. The molecule has 1 aliphatic rings. The Bertz CT molecular complexity index is 859. The molecule has 0 fully saturated rings. The number of hydrazone groups is 1. The molecule has 1 heterocycles. The number of rotatable bonds is 5. The van der Waals surface area contributed by atoms with Crippen molar-refractivity contribution < 1.29 is 19.0 Å². The standard InChI is InChI=1S/C17H12BrN3O4/c18-14-5-12(6-15-17(14)25-10-24-15)8-20-21-16(22)9-23-13-3-1-11(7-19)2-4-13/h1-6,8H,9-10H2,(H,21,22)/b20-8-. The summed E-state index contributed by atoms with van der Waals surface area (Å²) in [5.74, 6) is 1.36. The molecule has 2 aromatic rings. The minimum atomic E-state index is -0.402. The fourth-order valence-electron chi connectivity index (χ4n) is 2.05. The van der Waals surface area contributed by atoms with Gasteiger partial charge < -0.3 is 14.2 Å². The third-order valence-corrected chi connectivity index (χ3v) is 3.79. The van der Waals surface area contributed by atoms with Crippen LogP contribution in [-0.4, -0.2) is 25.5 Å². The lowest BCUT2D eigenvalue weighted by atomic mass is 10.2. The first-order valence-electron chi connectivity index (χ1n) is 7.20. The van der Waals surface area contributed by atoms with Gasteiger partial charge in [-0.25, -0.2) is 5.43 Å². The van der Waals surface area contributed by atoms with Crippen molar-refractivity contribution in [2.24, 2.45) is 5.10 Å². The summed E-state index contributed by atoms with van der Waals surface area (Å²) in [5, 5.41) is 12.6. The first-order valence-corrected chi connectivity index (χ1v) is 7.99. The van der Waals surface area contributed by atoms with Gasteiger partial charge >= 0.3 is 0 Å². The minimum absolute atomic E-state index is 0.179. The number of carbonyl (C=O) groups is 1. The fraction of sp³-hybridized carbons (Fsp3) is 0.118. The van der Waals surface area contributed by atoms with E-state index in [9.17, 15) is 4.79 Å². The van der Waals surface area contributed by atoms with Crippen LogP contribution in [-0.2, 0) is 4.79 Å². The third kappa shape index (κ3) is 4.28. The molecule has 1 aliphatic heterocycles. The molecule has 0 atom stereocenters. The molecule has 0 bridgehead atoms. The lowest BCUT2D eigenvalue weighted by molar-refractivity contribution is -0.123. The Kier molecular flexibility index (Phi) is 5.16. The van der Waals surface area contributed by atoms with Crippen molar-refractivity contribution in [2.75, 3.05) is 13.4 Å². The van der Waals surface area contributed by atoms with Crippen molar-refractivity contribution >= 4 is 28.1 Å². The molecule has 0 saturated carbocycles. The highest BCUT2D eigenvalue weighted by atomic mass is 79.9. The van der Waals surface area contributed by atoms with Crippen LogP contribution in [0.5, 0.6) is 17.2 Å². The van der Waals surface area contributed by atoms with Crippen LogP contribution in [0.25, 0.3) is 0 Å². The van der Waals surface area contributed by atoms with Crippen LogP contribution in [0.15, 0.2) is 46.0 Å². The van der Waals surface area contributed by atoms with Crippen LogP contribution in [0, 0.1) is 11.3 Å². The molecule has 0 saturated heterocycles. The van der Waals surface area contributed by atoms with Gasteiger partial charge in [0.25, 0.3) is 5.91 Å². The highest BCUT2D eigenvalue weighted by molar-refractivity contribution is 9.10. The molecular weight excluding hydrogens is 390 g/mol. The molecule has 7 nitrogen and oxygen atoms in total. The largest absolute Gasteiger partial charge is 0.484 e. The third-order valence-electron chi connectivity index (χ3n) is 3.21. The Morgan fingerprint density at radius 1 is 1.36 bits per heavy atom. The van der Waals surface area contributed by atoms with Gasteiger partial charge in [0, 0.05) is 0 Å². The van der Waals surface area contributed by atoms with Gasteiger partial charge in [0.15, 0.2) is 18.1 Å². The smallest absolute Gasteiger partial charge is 0.277 e. The molecule has 0 radical (unpaired) electrons. The molecule has 8 heteroatoms. The van der Waals surface area contributed by atoms with E-state index in [1.807, 2.05) is 6.07 Å². The number of amides is 1. The fourth-order valence-corrected chi connectivity index (χ4v) is 2.62. The van der Waals surface area contributed by atoms with Crippen LogP contribution >= 0.6 is 15.9 Å². The van der Waals surface area contributed by atoms with E-state index < -0.39 is 5.91 Å². The highest BCUT2D eigenvalue weighted by Crippen LogP contribution is 2.39.